The van der Waals surface area contributed by atoms with E-state index < -0.39 is 5.41 Å². The summed E-state index contributed by atoms with van der Waals surface area (Å²) in [4.78, 5) is 32.6. The highest BCUT2D eigenvalue weighted by Crippen LogP contribution is 2.15. The predicted octanol–water partition coefficient (Wildman–Crippen LogP) is 1.05. The summed E-state index contributed by atoms with van der Waals surface area (Å²) in [6, 6.07) is 10.8. The van der Waals surface area contributed by atoms with Crippen LogP contribution in [-0.2, 0) is 16.1 Å². The first-order valence-electron chi connectivity index (χ1n) is 10.9. The number of carbonyl (C=O) groups excluding carboxylic acids is 2. The SMILES string of the molecule is CNC(=O)C(C)(C)CNC(=NCC(=O)N(C)C)NC1CCN(Cc2ccccc2)CC1. The third-order valence-corrected chi connectivity index (χ3v) is 5.59. The Kier molecular flexibility index (Phi) is 9.30. The van der Waals surface area contributed by atoms with Crippen LogP contribution >= 0.6 is 0 Å². The van der Waals surface area contributed by atoms with Gasteiger partial charge in [-0.3, -0.25) is 14.5 Å². The van der Waals surface area contributed by atoms with Gasteiger partial charge < -0.3 is 20.9 Å². The Morgan fingerprint density at radius 2 is 1.81 bits per heavy atom. The van der Waals surface area contributed by atoms with Crippen LogP contribution in [0.2, 0.25) is 0 Å². The van der Waals surface area contributed by atoms with E-state index in [0.29, 0.717) is 12.5 Å². The van der Waals surface area contributed by atoms with Crippen molar-refractivity contribution in [1.29, 1.82) is 0 Å². The molecule has 8 nitrogen and oxygen atoms in total. The third kappa shape index (κ3) is 8.20. The molecule has 1 fully saturated rings. The average Bonchev–Trinajstić information content (AvgIpc) is 2.76. The topological polar surface area (TPSA) is 89.1 Å². The second-order valence-corrected chi connectivity index (χ2v) is 8.95. The van der Waals surface area contributed by atoms with E-state index in [0.717, 1.165) is 32.5 Å². The maximum absolute atomic E-state index is 12.1. The van der Waals surface area contributed by atoms with E-state index in [9.17, 15) is 9.59 Å². The van der Waals surface area contributed by atoms with Crippen LogP contribution in [0.1, 0.15) is 32.3 Å². The van der Waals surface area contributed by atoms with Gasteiger partial charge in [0, 0.05) is 53.4 Å². The van der Waals surface area contributed by atoms with Gasteiger partial charge >= 0.3 is 0 Å². The van der Waals surface area contributed by atoms with E-state index in [1.165, 1.54) is 10.5 Å². The summed E-state index contributed by atoms with van der Waals surface area (Å²) in [5, 5.41) is 9.43. The number of piperidine rings is 1. The van der Waals surface area contributed by atoms with Gasteiger partial charge in [-0.05, 0) is 32.3 Å². The van der Waals surface area contributed by atoms with Crippen LogP contribution in [0.25, 0.3) is 0 Å². The Morgan fingerprint density at radius 1 is 1.16 bits per heavy atom. The molecule has 0 saturated carbocycles. The second-order valence-electron chi connectivity index (χ2n) is 8.95. The van der Waals surface area contributed by atoms with E-state index in [1.807, 2.05) is 19.9 Å². The van der Waals surface area contributed by atoms with Crippen LogP contribution in [0, 0.1) is 5.41 Å². The normalized spacial score (nSPS) is 16.0. The van der Waals surface area contributed by atoms with Gasteiger partial charge in [0.25, 0.3) is 0 Å². The first-order chi connectivity index (χ1) is 14.7. The molecule has 1 aliphatic rings. The number of benzene rings is 1. The van der Waals surface area contributed by atoms with Gasteiger partial charge in [-0.2, -0.15) is 0 Å². The Balaban J connectivity index is 1.93. The lowest BCUT2D eigenvalue weighted by Gasteiger charge is -2.33. The summed E-state index contributed by atoms with van der Waals surface area (Å²) in [6.45, 7) is 7.20. The van der Waals surface area contributed by atoms with Crippen LogP contribution < -0.4 is 16.0 Å². The lowest BCUT2D eigenvalue weighted by atomic mass is 9.92. The molecule has 8 heteroatoms. The summed E-state index contributed by atoms with van der Waals surface area (Å²) < 4.78 is 0. The maximum Gasteiger partial charge on any atom is 0.243 e. The molecule has 0 atom stereocenters. The number of nitrogens with one attached hydrogen (secondary N) is 3. The molecule has 1 aromatic rings. The second kappa shape index (κ2) is 11.7. The number of aliphatic imine (C=N–C) groups is 1. The van der Waals surface area contributed by atoms with E-state index in [4.69, 9.17) is 0 Å². The molecule has 2 amide bonds. The molecule has 1 saturated heterocycles. The van der Waals surface area contributed by atoms with Gasteiger partial charge in [0.15, 0.2) is 5.96 Å². The van der Waals surface area contributed by atoms with E-state index in [1.54, 1.807) is 21.1 Å². The minimum Gasteiger partial charge on any atom is -0.359 e. The third-order valence-electron chi connectivity index (χ3n) is 5.59. The zero-order valence-electron chi connectivity index (χ0n) is 19.6. The van der Waals surface area contributed by atoms with Gasteiger partial charge in [0.05, 0.1) is 5.41 Å². The number of rotatable bonds is 8. The van der Waals surface area contributed by atoms with Crippen molar-refractivity contribution < 1.29 is 9.59 Å². The highest BCUT2D eigenvalue weighted by molar-refractivity contribution is 5.86. The molecule has 1 heterocycles. The fourth-order valence-electron chi connectivity index (χ4n) is 3.43. The highest BCUT2D eigenvalue weighted by atomic mass is 16.2. The molecule has 0 spiro atoms. The monoisotopic (exact) mass is 430 g/mol. The molecule has 0 bridgehead atoms. The summed E-state index contributed by atoms with van der Waals surface area (Å²) >= 11 is 0. The number of carbonyl (C=O) groups is 2. The summed E-state index contributed by atoms with van der Waals surface area (Å²) in [7, 11) is 5.07. The molecule has 0 unspecified atom stereocenters. The molecular weight excluding hydrogens is 392 g/mol. The number of guanidine groups is 1. The molecule has 3 N–H and O–H groups in total. The zero-order valence-corrected chi connectivity index (χ0v) is 19.6. The molecule has 0 aromatic heterocycles. The number of likely N-dealkylation sites (N-methyl/N-ethyl adjacent to an activating group) is 1. The fourth-order valence-corrected chi connectivity index (χ4v) is 3.43. The standard InChI is InChI=1S/C23H38N6O2/c1-23(2,21(31)24-3)17-26-22(25-15-20(30)28(4)5)27-19-11-13-29(14-12-19)16-18-9-7-6-8-10-18/h6-10,19H,11-17H2,1-5H3,(H,24,31)(H2,25,26,27). The van der Waals surface area contributed by atoms with Crippen LogP contribution in [-0.4, -0.2) is 80.9 Å². The first-order valence-corrected chi connectivity index (χ1v) is 10.9. The van der Waals surface area contributed by atoms with Crippen LogP contribution in [0.4, 0.5) is 0 Å². The van der Waals surface area contributed by atoms with Gasteiger partial charge in [-0.15, -0.1) is 0 Å². The van der Waals surface area contributed by atoms with Crippen molar-refractivity contribution >= 4 is 17.8 Å². The number of likely N-dealkylation sites (tertiary alicyclic amines) is 1. The molecule has 2 rings (SSSR count). The Morgan fingerprint density at radius 3 is 2.39 bits per heavy atom. The van der Waals surface area contributed by atoms with Crippen molar-refractivity contribution in [2.45, 2.75) is 39.3 Å². The van der Waals surface area contributed by atoms with Crippen LogP contribution in [0.3, 0.4) is 0 Å². The van der Waals surface area contributed by atoms with Crippen molar-refractivity contribution in [3.05, 3.63) is 35.9 Å². The van der Waals surface area contributed by atoms with Crippen molar-refractivity contribution in [2.24, 2.45) is 10.4 Å². The fraction of sp³-hybridized carbons (Fsp3) is 0.609. The zero-order chi connectivity index (χ0) is 22.9. The van der Waals surface area contributed by atoms with E-state index >= 15 is 0 Å². The smallest absolute Gasteiger partial charge is 0.243 e. The Hall–Kier alpha value is -2.61. The van der Waals surface area contributed by atoms with Gasteiger partial charge in [-0.25, -0.2) is 4.99 Å². The minimum atomic E-state index is -0.595. The Labute approximate surface area is 186 Å². The molecule has 31 heavy (non-hydrogen) atoms. The molecule has 0 radical (unpaired) electrons. The molecule has 1 aromatic carbocycles. The predicted molar refractivity (Wildman–Crippen MR) is 125 cm³/mol. The van der Waals surface area contributed by atoms with Gasteiger partial charge in [0.2, 0.25) is 11.8 Å². The number of nitrogens with zero attached hydrogens (tertiary/aromatic N) is 3. The van der Waals surface area contributed by atoms with Crippen LogP contribution in [0.15, 0.2) is 35.3 Å². The summed E-state index contributed by atoms with van der Waals surface area (Å²) in [6.07, 6.45) is 1.99. The van der Waals surface area contributed by atoms with Crippen molar-refractivity contribution in [2.75, 3.05) is 47.3 Å². The van der Waals surface area contributed by atoms with E-state index in [-0.39, 0.29) is 24.4 Å². The number of amides is 2. The average molecular weight is 431 g/mol. The first kappa shape index (κ1) is 24.7. The van der Waals surface area contributed by atoms with Gasteiger partial charge in [-0.1, -0.05) is 30.3 Å². The largest absolute Gasteiger partial charge is 0.359 e. The van der Waals surface area contributed by atoms with Crippen molar-refractivity contribution in [3.63, 3.8) is 0 Å². The number of hydrogen-bond acceptors (Lipinski definition) is 4. The molecule has 1 aliphatic heterocycles. The molecule has 0 aliphatic carbocycles. The highest BCUT2D eigenvalue weighted by Gasteiger charge is 2.27. The lowest BCUT2D eigenvalue weighted by Crippen LogP contribution is -2.52. The quantitative estimate of drug-likeness (QED) is 0.424. The van der Waals surface area contributed by atoms with Gasteiger partial charge in [0.1, 0.15) is 6.54 Å². The maximum atomic E-state index is 12.1. The summed E-state index contributed by atoms with van der Waals surface area (Å²) in [5.74, 6) is 0.468. The van der Waals surface area contributed by atoms with E-state index in [2.05, 4.69) is 50.1 Å². The molecular formula is C23H38N6O2. The minimum absolute atomic E-state index is 0.0436. The van der Waals surface area contributed by atoms with Crippen molar-refractivity contribution in [3.8, 4) is 0 Å². The Bertz CT molecular complexity index is 740. The van der Waals surface area contributed by atoms with Crippen molar-refractivity contribution in [1.82, 2.24) is 25.8 Å². The lowest BCUT2D eigenvalue weighted by molar-refractivity contribution is -0.128. The molecule has 172 valence electrons. The summed E-state index contributed by atoms with van der Waals surface area (Å²) in [5.41, 5.74) is 0.735. The van der Waals surface area contributed by atoms with Crippen LogP contribution in [0.5, 0.6) is 0 Å². The number of hydrogen-bond donors (Lipinski definition) is 3.